The van der Waals surface area contributed by atoms with Crippen LogP contribution < -0.4 is 15.0 Å². The molecule has 0 bridgehead atoms. The summed E-state index contributed by atoms with van der Waals surface area (Å²) in [6.45, 7) is 6.62. The number of nitrogens with one attached hydrogen (secondary N) is 1. The van der Waals surface area contributed by atoms with Gasteiger partial charge < -0.3 is 15.0 Å². The molecule has 0 unspecified atom stereocenters. The van der Waals surface area contributed by atoms with Crippen molar-refractivity contribution in [3.8, 4) is 5.75 Å². The molecule has 0 saturated heterocycles. The van der Waals surface area contributed by atoms with Crippen LogP contribution in [0.1, 0.15) is 42.7 Å². The van der Waals surface area contributed by atoms with Crippen molar-refractivity contribution in [1.29, 1.82) is 0 Å². The lowest BCUT2D eigenvalue weighted by Crippen LogP contribution is -2.29. The van der Waals surface area contributed by atoms with Crippen LogP contribution in [0.4, 0.5) is 5.82 Å². The van der Waals surface area contributed by atoms with Gasteiger partial charge in [0.25, 0.3) is 5.91 Å². The Labute approximate surface area is 155 Å². The average molecular weight is 356 g/mol. The number of hydrogen-bond donors (Lipinski definition) is 1. The van der Waals surface area contributed by atoms with E-state index in [9.17, 15) is 4.79 Å². The lowest BCUT2D eigenvalue weighted by atomic mass is 10.1. The largest absolute Gasteiger partial charge is 0.496 e. The number of para-hydroxylation sites is 1. The van der Waals surface area contributed by atoms with Gasteiger partial charge in [0, 0.05) is 25.7 Å². The van der Waals surface area contributed by atoms with Crippen molar-refractivity contribution in [2.75, 3.05) is 31.6 Å². The molecule has 1 aromatic carbocycles. The second-order valence-corrected chi connectivity index (χ2v) is 6.07. The molecule has 0 saturated carbocycles. The molecule has 1 amide bonds. The van der Waals surface area contributed by atoms with Gasteiger partial charge in [0.2, 0.25) is 0 Å². The molecule has 0 aliphatic carbocycles. The zero-order chi connectivity index (χ0) is 18.8. The topological polar surface area (TPSA) is 67.4 Å². The number of hydrogen-bond acceptors (Lipinski definition) is 5. The second kappa shape index (κ2) is 10.4. The molecule has 0 aliphatic heterocycles. The van der Waals surface area contributed by atoms with E-state index in [4.69, 9.17) is 4.74 Å². The maximum Gasteiger partial charge on any atom is 0.270 e. The van der Waals surface area contributed by atoms with Crippen LogP contribution in [0.25, 0.3) is 0 Å². The SMILES string of the molecule is CCCN(CCC)c1cc(C(=O)NCCc2ccccc2OC)ncn1. The molecule has 0 fully saturated rings. The number of nitrogens with zero attached hydrogens (tertiary/aromatic N) is 3. The van der Waals surface area contributed by atoms with Crippen molar-refractivity contribution in [1.82, 2.24) is 15.3 Å². The summed E-state index contributed by atoms with van der Waals surface area (Å²) in [5.74, 6) is 1.45. The molecule has 6 nitrogen and oxygen atoms in total. The first-order chi connectivity index (χ1) is 12.7. The fraction of sp³-hybridized carbons (Fsp3) is 0.450. The molecule has 2 rings (SSSR count). The molecule has 1 heterocycles. The van der Waals surface area contributed by atoms with Crippen LogP contribution in [-0.4, -0.2) is 42.6 Å². The van der Waals surface area contributed by atoms with E-state index in [0.717, 1.165) is 43.1 Å². The Kier molecular flexibility index (Phi) is 7.86. The standard InChI is InChI=1S/C20H28N4O2/c1-4-12-24(13-5-2)19-14-17(22-15-23-19)20(25)21-11-10-16-8-6-7-9-18(16)26-3/h6-9,14-15H,4-5,10-13H2,1-3H3,(H,21,25). The van der Waals surface area contributed by atoms with Crippen LogP contribution in [0, 0.1) is 0 Å². The van der Waals surface area contributed by atoms with Gasteiger partial charge in [-0.3, -0.25) is 4.79 Å². The Morgan fingerprint density at radius 3 is 2.58 bits per heavy atom. The first kappa shape index (κ1) is 19.7. The van der Waals surface area contributed by atoms with Crippen molar-refractivity contribution in [2.24, 2.45) is 0 Å². The predicted molar refractivity (Wildman–Crippen MR) is 104 cm³/mol. The molecule has 2 aromatic rings. The number of ether oxygens (including phenoxy) is 1. The Morgan fingerprint density at radius 2 is 1.88 bits per heavy atom. The summed E-state index contributed by atoms with van der Waals surface area (Å²) in [4.78, 5) is 23.1. The quantitative estimate of drug-likeness (QED) is 0.708. The van der Waals surface area contributed by atoms with Crippen molar-refractivity contribution in [3.63, 3.8) is 0 Å². The summed E-state index contributed by atoms with van der Waals surface area (Å²) < 4.78 is 5.34. The van der Waals surface area contributed by atoms with E-state index in [1.54, 1.807) is 13.2 Å². The van der Waals surface area contributed by atoms with Gasteiger partial charge in [0.1, 0.15) is 23.6 Å². The zero-order valence-corrected chi connectivity index (χ0v) is 15.9. The highest BCUT2D eigenvalue weighted by molar-refractivity contribution is 5.92. The fourth-order valence-corrected chi connectivity index (χ4v) is 2.84. The summed E-state index contributed by atoms with van der Waals surface area (Å²) >= 11 is 0. The van der Waals surface area contributed by atoms with Crippen LogP contribution in [-0.2, 0) is 6.42 Å². The molecule has 0 atom stereocenters. The third-order valence-electron chi connectivity index (χ3n) is 4.07. The summed E-state index contributed by atoms with van der Waals surface area (Å²) in [5.41, 5.74) is 1.46. The van der Waals surface area contributed by atoms with Crippen molar-refractivity contribution < 1.29 is 9.53 Å². The lowest BCUT2D eigenvalue weighted by Gasteiger charge is -2.22. The maximum absolute atomic E-state index is 12.4. The highest BCUT2D eigenvalue weighted by Crippen LogP contribution is 2.17. The highest BCUT2D eigenvalue weighted by Gasteiger charge is 2.12. The van der Waals surface area contributed by atoms with Crippen LogP contribution in [0.2, 0.25) is 0 Å². The van der Waals surface area contributed by atoms with Crippen molar-refractivity contribution >= 4 is 11.7 Å². The van der Waals surface area contributed by atoms with Crippen LogP contribution in [0.15, 0.2) is 36.7 Å². The average Bonchev–Trinajstić information content (AvgIpc) is 2.68. The number of benzene rings is 1. The lowest BCUT2D eigenvalue weighted by molar-refractivity contribution is 0.0949. The Morgan fingerprint density at radius 1 is 1.15 bits per heavy atom. The van der Waals surface area contributed by atoms with E-state index >= 15 is 0 Å². The molecule has 6 heteroatoms. The van der Waals surface area contributed by atoms with E-state index in [0.29, 0.717) is 18.7 Å². The summed E-state index contributed by atoms with van der Waals surface area (Å²) in [6, 6.07) is 9.59. The third-order valence-corrected chi connectivity index (χ3v) is 4.07. The molecule has 1 aromatic heterocycles. The van der Waals surface area contributed by atoms with E-state index in [1.807, 2.05) is 24.3 Å². The monoisotopic (exact) mass is 356 g/mol. The van der Waals surface area contributed by atoms with Gasteiger partial charge in [-0.25, -0.2) is 9.97 Å². The Hall–Kier alpha value is -2.63. The van der Waals surface area contributed by atoms with Crippen molar-refractivity contribution in [3.05, 3.63) is 47.9 Å². The van der Waals surface area contributed by atoms with Crippen LogP contribution in [0.3, 0.4) is 0 Å². The molecular formula is C20H28N4O2. The van der Waals surface area contributed by atoms with Gasteiger partial charge in [-0.2, -0.15) is 0 Å². The summed E-state index contributed by atoms with van der Waals surface area (Å²) in [6.07, 6.45) is 4.23. The molecule has 1 N–H and O–H groups in total. The molecule has 0 spiro atoms. The minimum atomic E-state index is -0.184. The van der Waals surface area contributed by atoms with Gasteiger partial charge in [-0.05, 0) is 30.9 Å². The molecule has 26 heavy (non-hydrogen) atoms. The van der Waals surface area contributed by atoms with Gasteiger partial charge in [0.05, 0.1) is 7.11 Å². The predicted octanol–water partition coefficient (Wildman–Crippen LogP) is 3.08. The van der Waals surface area contributed by atoms with Gasteiger partial charge in [-0.15, -0.1) is 0 Å². The third kappa shape index (κ3) is 5.44. The van der Waals surface area contributed by atoms with Crippen LogP contribution in [0.5, 0.6) is 5.75 Å². The number of anilines is 1. The number of carbonyl (C=O) groups is 1. The van der Waals surface area contributed by atoms with E-state index in [2.05, 4.69) is 34.0 Å². The first-order valence-electron chi connectivity index (χ1n) is 9.16. The number of aromatic nitrogens is 2. The fourth-order valence-electron chi connectivity index (χ4n) is 2.84. The van der Waals surface area contributed by atoms with E-state index in [-0.39, 0.29) is 5.91 Å². The first-order valence-corrected chi connectivity index (χ1v) is 9.16. The smallest absolute Gasteiger partial charge is 0.270 e. The van der Waals surface area contributed by atoms with E-state index in [1.165, 1.54) is 6.33 Å². The number of amides is 1. The van der Waals surface area contributed by atoms with Gasteiger partial charge in [-0.1, -0.05) is 32.0 Å². The van der Waals surface area contributed by atoms with Crippen molar-refractivity contribution in [2.45, 2.75) is 33.1 Å². The number of methoxy groups -OCH3 is 1. The molecular weight excluding hydrogens is 328 g/mol. The summed E-state index contributed by atoms with van der Waals surface area (Å²) in [5, 5.41) is 2.93. The minimum Gasteiger partial charge on any atom is -0.496 e. The maximum atomic E-state index is 12.4. The zero-order valence-electron chi connectivity index (χ0n) is 15.9. The van der Waals surface area contributed by atoms with Gasteiger partial charge >= 0.3 is 0 Å². The molecule has 0 radical (unpaired) electrons. The van der Waals surface area contributed by atoms with Crippen LogP contribution >= 0.6 is 0 Å². The normalized spacial score (nSPS) is 10.4. The Balaban J connectivity index is 1.98. The van der Waals surface area contributed by atoms with E-state index < -0.39 is 0 Å². The van der Waals surface area contributed by atoms with Gasteiger partial charge in [0.15, 0.2) is 0 Å². The second-order valence-electron chi connectivity index (χ2n) is 6.07. The number of rotatable bonds is 10. The molecule has 140 valence electrons. The molecule has 0 aliphatic rings. The number of carbonyl (C=O) groups excluding carboxylic acids is 1. The minimum absolute atomic E-state index is 0.184. The Bertz CT molecular complexity index is 700. The summed E-state index contributed by atoms with van der Waals surface area (Å²) in [7, 11) is 1.65. The highest BCUT2D eigenvalue weighted by atomic mass is 16.5.